The zero-order valence-electron chi connectivity index (χ0n) is 59.2. The first kappa shape index (κ1) is 85.6. The minimum Gasteiger partial charge on any atom is -0.508 e. The lowest BCUT2D eigenvalue weighted by Gasteiger charge is -2.41. The Hall–Kier alpha value is -8.60. The molecule has 2 aliphatic rings. The van der Waals surface area contributed by atoms with Crippen LogP contribution in [-0.2, 0) is 76.5 Å². The van der Waals surface area contributed by atoms with Gasteiger partial charge in [-0.15, -0.1) is 11.6 Å². The van der Waals surface area contributed by atoms with Crippen LogP contribution in [0.2, 0.25) is 0 Å². The highest BCUT2D eigenvalue weighted by molar-refractivity contribution is 6.21. The topological polar surface area (TPSA) is 497 Å². The predicted molar refractivity (Wildman–Crippen MR) is 362 cm³/mol. The van der Waals surface area contributed by atoms with Crippen LogP contribution in [0.5, 0.6) is 5.75 Å². The molecular formula is C66H102ClN13O20. The summed E-state index contributed by atoms with van der Waals surface area (Å²) >= 11 is 6.75. The number of cyclic esters (lactones) is 1. The number of esters is 1. The van der Waals surface area contributed by atoms with Crippen LogP contribution in [0.4, 0.5) is 0 Å². The minimum absolute atomic E-state index is 0.0502. The number of rotatable bonds is 26. The quantitative estimate of drug-likeness (QED) is 0.0191. The normalized spacial score (nSPS) is 24.8. The molecule has 1 aromatic rings. The summed E-state index contributed by atoms with van der Waals surface area (Å²) in [6.45, 7) is 14.8. The highest BCUT2D eigenvalue weighted by Crippen LogP contribution is 2.31. The average Bonchev–Trinajstić information content (AvgIpc) is 0.502. The van der Waals surface area contributed by atoms with Crippen molar-refractivity contribution < 1.29 is 97.0 Å². The number of hydrogen-bond acceptors (Lipinski definition) is 21. The second-order valence-electron chi connectivity index (χ2n) is 25.7. The third kappa shape index (κ3) is 24.1. The van der Waals surface area contributed by atoms with Crippen LogP contribution in [0.3, 0.4) is 0 Å². The van der Waals surface area contributed by atoms with E-state index in [0.717, 1.165) is 49.0 Å². The van der Waals surface area contributed by atoms with Crippen molar-refractivity contribution in [1.82, 2.24) is 57.7 Å². The van der Waals surface area contributed by atoms with Crippen molar-refractivity contribution in [3.8, 4) is 5.75 Å². The van der Waals surface area contributed by atoms with Crippen molar-refractivity contribution in [3.63, 3.8) is 0 Å². The Balaban J connectivity index is 2.20. The summed E-state index contributed by atoms with van der Waals surface area (Å²) in [7, 11) is 3.51. The van der Waals surface area contributed by atoms with Gasteiger partial charge >= 0.3 is 5.97 Å². The smallest absolute Gasteiger partial charge is 0.329 e. The predicted octanol–water partition coefficient (Wildman–Crippen LogP) is -2.94. The molecule has 2 fully saturated rings. The number of carbonyl (C=O) groups excluding carboxylic acids is 13. The fourth-order valence-electron chi connectivity index (χ4n) is 10.8. The van der Waals surface area contributed by atoms with E-state index in [1.54, 1.807) is 6.92 Å². The van der Waals surface area contributed by atoms with E-state index >= 15 is 19.2 Å². The molecule has 0 bridgehead atoms. The zero-order valence-corrected chi connectivity index (χ0v) is 60.0. The van der Waals surface area contributed by atoms with Crippen LogP contribution in [0.15, 0.2) is 59.8 Å². The lowest BCUT2D eigenvalue weighted by molar-refractivity contribution is -0.168. The summed E-state index contributed by atoms with van der Waals surface area (Å²) in [6.07, 6.45) is -0.255. The van der Waals surface area contributed by atoms with Crippen LogP contribution in [0, 0.1) is 23.7 Å². The fraction of sp³-hybridized carbons (Fsp3) is 0.621. The number of amides is 12. The molecule has 33 nitrogen and oxygen atoms in total. The molecular weight excluding hydrogens is 1330 g/mol. The van der Waals surface area contributed by atoms with Crippen LogP contribution < -0.4 is 59.3 Å². The Bertz CT molecular complexity index is 3180. The summed E-state index contributed by atoms with van der Waals surface area (Å²) in [6, 6.07) is -10.3. The number of allylic oxidation sites excluding steroid dienone is 4. The van der Waals surface area contributed by atoms with Crippen molar-refractivity contribution in [2.75, 3.05) is 47.5 Å². The van der Waals surface area contributed by atoms with E-state index in [-0.39, 0.29) is 36.6 Å². The number of ether oxygens (including phenoxy) is 3. The number of primary amides is 1. The maximum Gasteiger partial charge on any atom is 0.329 e. The molecule has 12 amide bonds. The van der Waals surface area contributed by atoms with Gasteiger partial charge in [-0.3, -0.25) is 57.5 Å². The number of aliphatic hydroxyl groups is 3. The molecule has 558 valence electrons. The van der Waals surface area contributed by atoms with Crippen LogP contribution in [-0.4, -0.2) is 238 Å². The number of hydrogen-bond donors (Lipinski definition) is 15. The van der Waals surface area contributed by atoms with E-state index in [4.69, 9.17) is 37.3 Å². The molecule has 0 aliphatic carbocycles. The lowest BCUT2D eigenvalue weighted by Crippen LogP contribution is -2.66. The maximum atomic E-state index is 15.4. The highest BCUT2D eigenvalue weighted by Gasteiger charge is 2.48. The van der Waals surface area contributed by atoms with Crippen molar-refractivity contribution in [1.29, 1.82) is 0 Å². The van der Waals surface area contributed by atoms with Gasteiger partial charge in [0.15, 0.2) is 5.60 Å². The first-order chi connectivity index (χ1) is 46.7. The number of nitrogens with one attached hydrogen (secondary N) is 9. The third-order valence-corrected chi connectivity index (χ3v) is 17.7. The number of halogens is 1. The lowest BCUT2D eigenvalue weighted by atomic mass is 9.87. The number of aliphatic hydroxyl groups excluding tert-OH is 2. The molecule has 0 saturated carbocycles. The van der Waals surface area contributed by atoms with Crippen molar-refractivity contribution in [2.24, 2.45) is 35.1 Å². The number of nitrogens with zero attached hydrogens (tertiary/aromatic N) is 2. The van der Waals surface area contributed by atoms with Gasteiger partial charge in [0.05, 0.1) is 25.8 Å². The molecule has 100 heavy (non-hydrogen) atoms. The number of aromatic hydroxyl groups is 1. The van der Waals surface area contributed by atoms with Gasteiger partial charge in [-0.1, -0.05) is 90.0 Å². The molecule has 0 aromatic heterocycles. The third-order valence-electron chi connectivity index (χ3n) is 17.3. The maximum absolute atomic E-state index is 15.4. The average molecular weight is 1430 g/mol. The number of phenolic OH excluding ortho intramolecular Hbond substituents is 1. The Kier molecular flexibility index (Phi) is 33.7. The Morgan fingerprint density at radius 3 is 2.07 bits per heavy atom. The van der Waals surface area contributed by atoms with Gasteiger partial charge in [-0.25, -0.2) is 4.79 Å². The van der Waals surface area contributed by atoms with E-state index < -0.39 is 210 Å². The largest absolute Gasteiger partial charge is 0.508 e. The number of benzene rings is 1. The summed E-state index contributed by atoms with van der Waals surface area (Å²) in [5, 5.41) is 63.7. The number of nitrogens with two attached hydrogens (primary N) is 2. The number of piperidine rings is 1. The van der Waals surface area contributed by atoms with Gasteiger partial charge in [0.1, 0.15) is 78.1 Å². The van der Waals surface area contributed by atoms with Crippen molar-refractivity contribution >= 4 is 88.5 Å². The van der Waals surface area contributed by atoms with Gasteiger partial charge in [0, 0.05) is 45.1 Å². The summed E-state index contributed by atoms with van der Waals surface area (Å²) in [5.74, 6) is -17.9. The Morgan fingerprint density at radius 1 is 0.890 bits per heavy atom. The van der Waals surface area contributed by atoms with Crippen molar-refractivity contribution in [2.45, 2.75) is 192 Å². The summed E-state index contributed by atoms with van der Waals surface area (Å²) < 4.78 is 17.3. The molecule has 18 atom stereocenters. The van der Waals surface area contributed by atoms with Gasteiger partial charge in [-0.2, -0.15) is 0 Å². The summed E-state index contributed by atoms with van der Waals surface area (Å²) in [5.41, 5.74) is 10.1. The molecule has 2 heterocycles. The monoisotopic (exact) mass is 1430 g/mol. The SMILES string of the molecule is C/C=C(\NC(=O)CNC(=O)C(C)(O)C(O)/C=C\C(C)=C\C(C)CC)C(=O)N[C@H](C(=O)N[C@H](C(=O)N[C@H]1C(=O)N[C@H](COC)C(=O)NCC(=O)N[C@@H](C)C(=O)N(C)[C@@H]([C@@H](C)O)C(=O)N[C@H]([C@H](OC)c2ccc(O)cc2)C(=O)N2CC[C@H](Cl)C[C@H]2C(=O)O[C@@H]1C(C)C)[C@@H](C)[C@@H](C)C(N)=O)[C@H](C)N. The van der Waals surface area contributed by atoms with E-state index in [2.05, 4.69) is 47.9 Å². The van der Waals surface area contributed by atoms with Crippen molar-refractivity contribution in [3.05, 3.63) is 65.4 Å². The first-order valence-electron chi connectivity index (χ1n) is 32.8. The number of methoxy groups -OCH3 is 2. The highest BCUT2D eigenvalue weighted by atomic mass is 35.5. The molecule has 2 saturated heterocycles. The molecule has 3 rings (SSSR count). The van der Waals surface area contributed by atoms with Gasteiger partial charge < -0.3 is 104 Å². The number of phenols is 1. The number of alkyl halides is 1. The fourth-order valence-corrected chi connectivity index (χ4v) is 11.1. The second kappa shape index (κ2) is 39.4. The minimum atomic E-state index is -2.43. The van der Waals surface area contributed by atoms with E-state index in [1.807, 2.05) is 19.9 Å². The second-order valence-corrected chi connectivity index (χ2v) is 26.3. The van der Waals surface area contributed by atoms with Gasteiger partial charge in [0.2, 0.25) is 59.1 Å². The van der Waals surface area contributed by atoms with Crippen LogP contribution in [0.1, 0.15) is 114 Å². The number of likely N-dealkylation sites (N-methyl/N-ethyl adjacent to an activating group) is 1. The van der Waals surface area contributed by atoms with Gasteiger partial charge in [0.25, 0.3) is 11.8 Å². The van der Waals surface area contributed by atoms with E-state index in [9.17, 15) is 63.6 Å². The Labute approximate surface area is 586 Å². The molecule has 0 spiro atoms. The molecule has 34 heteroatoms. The standard InChI is InChI=1S/C66H102ClN13O20/c1-16-32(5)26-33(6)18-23-45(83)66(12,97)65(96)71-29-47(85)73-42(17-2)57(88)76-49(36(9)68)59(90)75-48(34(7)35(8)55(69)86)58(89)77-50-53(31(3)4)100-64(95)44-27-40(67)24-25-80(44)63(94)51(54(99-15)39-19-21-41(82)22-20-39)78-61(92)52(38(11)81)79(13)62(93)37(10)72-46(84)28-70-56(87)43(30-98-14)74-60(50)91/h17-23,26,31-32,34-38,40,43-45,48-54,81-83,97H,16,24-25,27-30,68H2,1-15H3,(H2,69,86)(H,70,87)(H,71,96)(H,72,84)(H,73,85)(H,74,91)(H,75,90)(H,76,88)(H,77,89)(H,78,92)/b23-18-,33-26+,42-17-/t32?,34-,35+,36-,37-,38+,40-,43+,44-,45?,48-,49-,50+,51+,52-,53+,54+,66?/m0/s1. The molecule has 0 radical (unpaired) electrons. The van der Waals surface area contributed by atoms with E-state index in [1.165, 1.54) is 98.9 Å². The summed E-state index contributed by atoms with van der Waals surface area (Å²) in [4.78, 5) is 186. The molecule has 17 N–H and O–H groups in total. The molecule has 1 aromatic carbocycles. The zero-order chi connectivity index (χ0) is 76.0. The van der Waals surface area contributed by atoms with Gasteiger partial charge in [-0.05, 0) is 89.8 Å². The Morgan fingerprint density at radius 2 is 1.52 bits per heavy atom. The molecule has 2 aliphatic heterocycles. The van der Waals surface area contributed by atoms with Crippen LogP contribution >= 0.6 is 11.6 Å². The molecule has 3 unspecified atom stereocenters. The number of fused-ring (bicyclic) bond motifs is 1. The van der Waals surface area contributed by atoms with Crippen LogP contribution in [0.25, 0.3) is 0 Å². The number of carbonyl (C=O) groups is 13. The van der Waals surface area contributed by atoms with E-state index in [0.29, 0.717) is 0 Å². The first-order valence-corrected chi connectivity index (χ1v) is 33.2.